The summed E-state index contributed by atoms with van der Waals surface area (Å²) in [6.07, 6.45) is 2.42. The van der Waals surface area contributed by atoms with E-state index in [9.17, 15) is 0 Å². The fourth-order valence-electron chi connectivity index (χ4n) is 3.24. The van der Waals surface area contributed by atoms with E-state index in [-0.39, 0.29) is 0 Å². The molecule has 112 valence electrons. The van der Waals surface area contributed by atoms with Gasteiger partial charge >= 0.3 is 0 Å². The molecule has 0 aliphatic carbocycles. The molecule has 0 saturated carbocycles. The molecule has 0 aromatic heterocycles. The molecule has 1 N–H and O–H groups in total. The first-order chi connectivity index (χ1) is 9.15. The molecular formula is C15H31N3O. The third kappa shape index (κ3) is 4.15. The molecular weight excluding hydrogens is 238 g/mol. The van der Waals surface area contributed by atoms with Crippen LogP contribution in [0.25, 0.3) is 0 Å². The average molecular weight is 269 g/mol. The van der Waals surface area contributed by atoms with Crippen molar-refractivity contribution in [2.24, 2.45) is 5.41 Å². The van der Waals surface area contributed by atoms with Crippen LogP contribution in [0.4, 0.5) is 0 Å². The normalized spacial score (nSPS) is 33.9. The quantitative estimate of drug-likeness (QED) is 0.729. The lowest BCUT2D eigenvalue weighted by Gasteiger charge is -2.42. The van der Waals surface area contributed by atoms with Gasteiger partial charge in [-0.3, -0.25) is 4.90 Å². The van der Waals surface area contributed by atoms with Gasteiger partial charge in [0.1, 0.15) is 0 Å². The number of nitrogens with one attached hydrogen (secondary N) is 1. The second-order valence-electron chi connectivity index (χ2n) is 6.54. The molecule has 2 unspecified atom stereocenters. The Morgan fingerprint density at radius 1 is 1.37 bits per heavy atom. The van der Waals surface area contributed by atoms with Gasteiger partial charge in [0.05, 0.1) is 6.61 Å². The molecule has 2 rings (SSSR count). The number of piperazine rings is 1. The number of ether oxygens (including phenoxy) is 1. The largest absolute Gasteiger partial charge is 0.381 e. The Morgan fingerprint density at radius 3 is 2.84 bits per heavy atom. The van der Waals surface area contributed by atoms with E-state index in [2.05, 4.69) is 36.0 Å². The minimum atomic E-state index is 0.352. The van der Waals surface area contributed by atoms with E-state index in [1.807, 2.05) is 0 Å². The van der Waals surface area contributed by atoms with E-state index in [0.29, 0.717) is 11.5 Å². The molecule has 2 aliphatic heterocycles. The zero-order chi connectivity index (χ0) is 13.7. The SMILES string of the molecule is CCCNCC1(CN2CCN(C)C(C)C2)CCOC1. The summed E-state index contributed by atoms with van der Waals surface area (Å²) in [7, 11) is 2.24. The van der Waals surface area contributed by atoms with Gasteiger partial charge < -0.3 is 15.0 Å². The second-order valence-corrected chi connectivity index (χ2v) is 6.54. The van der Waals surface area contributed by atoms with Crippen LogP contribution in [0.3, 0.4) is 0 Å². The van der Waals surface area contributed by atoms with Crippen LogP contribution < -0.4 is 5.32 Å². The summed E-state index contributed by atoms with van der Waals surface area (Å²) >= 11 is 0. The van der Waals surface area contributed by atoms with E-state index in [0.717, 1.165) is 26.3 Å². The highest BCUT2D eigenvalue weighted by Crippen LogP contribution is 2.29. The summed E-state index contributed by atoms with van der Waals surface area (Å²) in [5.41, 5.74) is 0.352. The van der Waals surface area contributed by atoms with Crippen molar-refractivity contribution >= 4 is 0 Å². The lowest BCUT2D eigenvalue weighted by Crippen LogP contribution is -2.54. The van der Waals surface area contributed by atoms with Crippen molar-refractivity contribution in [3.8, 4) is 0 Å². The maximum atomic E-state index is 5.70. The van der Waals surface area contributed by atoms with Crippen LogP contribution in [0, 0.1) is 5.41 Å². The third-order valence-electron chi connectivity index (χ3n) is 4.71. The van der Waals surface area contributed by atoms with Gasteiger partial charge in [0.25, 0.3) is 0 Å². The van der Waals surface area contributed by atoms with E-state index >= 15 is 0 Å². The van der Waals surface area contributed by atoms with Crippen molar-refractivity contribution in [2.75, 3.05) is 59.5 Å². The van der Waals surface area contributed by atoms with Gasteiger partial charge in [0.2, 0.25) is 0 Å². The summed E-state index contributed by atoms with van der Waals surface area (Å²) in [6, 6.07) is 0.678. The minimum absolute atomic E-state index is 0.352. The number of likely N-dealkylation sites (N-methyl/N-ethyl adjacent to an activating group) is 1. The fourth-order valence-corrected chi connectivity index (χ4v) is 3.24. The summed E-state index contributed by atoms with van der Waals surface area (Å²) in [5, 5.41) is 3.61. The number of hydrogen-bond donors (Lipinski definition) is 1. The van der Waals surface area contributed by atoms with Crippen molar-refractivity contribution < 1.29 is 4.74 Å². The lowest BCUT2D eigenvalue weighted by molar-refractivity contribution is 0.0556. The van der Waals surface area contributed by atoms with E-state index < -0.39 is 0 Å². The third-order valence-corrected chi connectivity index (χ3v) is 4.71. The molecule has 0 spiro atoms. The molecule has 0 aromatic rings. The van der Waals surface area contributed by atoms with Crippen LogP contribution in [0.15, 0.2) is 0 Å². The second kappa shape index (κ2) is 7.02. The molecule has 2 saturated heterocycles. The molecule has 2 fully saturated rings. The van der Waals surface area contributed by atoms with Crippen LogP contribution in [-0.2, 0) is 4.74 Å². The number of nitrogens with zero attached hydrogens (tertiary/aromatic N) is 2. The van der Waals surface area contributed by atoms with Crippen molar-refractivity contribution in [1.82, 2.24) is 15.1 Å². The first-order valence-electron chi connectivity index (χ1n) is 7.86. The Balaban J connectivity index is 1.86. The Hall–Kier alpha value is -0.160. The molecule has 0 bridgehead atoms. The maximum Gasteiger partial charge on any atom is 0.0547 e. The van der Waals surface area contributed by atoms with Crippen LogP contribution in [0.5, 0.6) is 0 Å². The van der Waals surface area contributed by atoms with Crippen LogP contribution in [0.2, 0.25) is 0 Å². The first-order valence-corrected chi connectivity index (χ1v) is 7.86. The molecule has 2 atom stereocenters. The van der Waals surface area contributed by atoms with Gasteiger partial charge in [-0.1, -0.05) is 6.92 Å². The molecule has 4 nitrogen and oxygen atoms in total. The van der Waals surface area contributed by atoms with Crippen molar-refractivity contribution in [2.45, 2.75) is 32.7 Å². The zero-order valence-electron chi connectivity index (χ0n) is 13.0. The fraction of sp³-hybridized carbons (Fsp3) is 1.00. The molecule has 2 aliphatic rings. The van der Waals surface area contributed by atoms with Crippen molar-refractivity contribution in [1.29, 1.82) is 0 Å². The molecule has 0 radical (unpaired) electrons. The summed E-state index contributed by atoms with van der Waals surface area (Å²) < 4.78 is 5.70. The van der Waals surface area contributed by atoms with E-state index in [1.165, 1.54) is 39.0 Å². The highest BCUT2D eigenvalue weighted by molar-refractivity contribution is 4.90. The first kappa shape index (κ1) is 15.2. The van der Waals surface area contributed by atoms with E-state index in [1.54, 1.807) is 0 Å². The molecule has 19 heavy (non-hydrogen) atoms. The molecule has 0 amide bonds. The Bertz CT molecular complexity index is 266. The van der Waals surface area contributed by atoms with Gasteiger partial charge in [-0.05, 0) is 33.4 Å². The monoisotopic (exact) mass is 269 g/mol. The van der Waals surface area contributed by atoms with Gasteiger partial charge in [0.15, 0.2) is 0 Å². The standard InChI is InChI=1S/C15H31N3O/c1-4-6-16-11-15(5-9-19-13-15)12-18-8-7-17(3)14(2)10-18/h14,16H,4-13H2,1-3H3. The number of hydrogen-bond acceptors (Lipinski definition) is 4. The topological polar surface area (TPSA) is 27.7 Å². The predicted molar refractivity (Wildman–Crippen MR) is 79.6 cm³/mol. The van der Waals surface area contributed by atoms with Gasteiger partial charge in [-0.25, -0.2) is 0 Å². The molecule has 4 heteroatoms. The highest BCUT2D eigenvalue weighted by Gasteiger charge is 2.37. The zero-order valence-corrected chi connectivity index (χ0v) is 13.0. The summed E-state index contributed by atoms with van der Waals surface area (Å²) in [4.78, 5) is 5.11. The Kier molecular flexibility index (Phi) is 5.63. The maximum absolute atomic E-state index is 5.70. The average Bonchev–Trinajstić information content (AvgIpc) is 2.83. The number of rotatable bonds is 6. The molecule has 0 aromatic carbocycles. The smallest absolute Gasteiger partial charge is 0.0547 e. The van der Waals surface area contributed by atoms with Gasteiger partial charge in [-0.2, -0.15) is 0 Å². The van der Waals surface area contributed by atoms with Crippen molar-refractivity contribution in [3.05, 3.63) is 0 Å². The van der Waals surface area contributed by atoms with Crippen molar-refractivity contribution in [3.63, 3.8) is 0 Å². The summed E-state index contributed by atoms with van der Waals surface area (Å²) in [5.74, 6) is 0. The summed E-state index contributed by atoms with van der Waals surface area (Å²) in [6.45, 7) is 13.5. The predicted octanol–water partition coefficient (Wildman–Crippen LogP) is 1.03. The minimum Gasteiger partial charge on any atom is -0.381 e. The lowest BCUT2D eigenvalue weighted by atomic mass is 9.86. The Morgan fingerprint density at radius 2 is 2.21 bits per heavy atom. The molecule has 2 heterocycles. The van der Waals surface area contributed by atoms with Gasteiger partial charge in [-0.15, -0.1) is 0 Å². The van der Waals surface area contributed by atoms with Gasteiger partial charge in [0, 0.05) is 50.8 Å². The van der Waals surface area contributed by atoms with Crippen LogP contribution in [0.1, 0.15) is 26.7 Å². The van der Waals surface area contributed by atoms with E-state index in [4.69, 9.17) is 4.74 Å². The van der Waals surface area contributed by atoms with Crippen LogP contribution in [-0.4, -0.2) is 75.4 Å². The Labute approximate surface area is 118 Å². The van der Waals surface area contributed by atoms with Crippen LogP contribution >= 0.6 is 0 Å². The highest BCUT2D eigenvalue weighted by atomic mass is 16.5.